The largest absolute Gasteiger partial charge is 0.393 e. The van der Waals surface area contributed by atoms with E-state index in [2.05, 4.69) is 0 Å². The van der Waals surface area contributed by atoms with Crippen LogP contribution in [0.4, 0.5) is 0 Å². The van der Waals surface area contributed by atoms with Crippen molar-refractivity contribution in [3.8, 4) is 0 Å². The Labute approximate surface area is 103 Å². The van der Waals surface area contributed by atoms with E-state index in [1.165, 1.54) is 4.31 Å². The Morgan fingerprint density at radius 1 is 1.50 bits per heavy atom. The van der Waals surface area contributed by atoms with Crippen molar-refractivity contribution in [2.45, 2.75) is 32.3 Å². The number of aliphatic hydroxyl groups is 1. The van der Waals surface area contributed by atoms with Crippen molar-refractivity contribution in [1.29, 1.82) is 0 Å². The van der Waals surface area contributed by atoms with E-state index in [1.807, 2.05) is 0 Å². The van der Waals surface area contributed by atoms with E-state index in [-0.39, 0.29) is 11.7 Å². The molecule has 1 aliphatic heterocycles. The van der Waals surface area contributed by atoms with Gasteiger partial charge in [0.25, 0.3) is 0 Å². The maximum Gasteiger partial charge on any atom is 0.214 e. The summed E-state index contributed by atoms with van der Waals surface area (Å²) in [5.41, 5.74) is 0. The van der Waals surface area contributed by atoms with Crippen molar-refractivity contribution in [1.82, 2.24) is 4.31 Å². The molecule has 0 spiro atoms. The van der Waals surface area contributed by atoms with E-state index in [1.54, 1.807) is 6.92 Å². The van der Waals surface area contributed by atoms with Crippen LogP contribution < -0.4 is 0 Å². The Balaban J connectivity index is 2.45. The van der Waals surface area contributed by atoms with Crippen LogP contribution in [0, 0.1) is 5.92 Å². The van der Waals surface area contributed by atoms with E-state index >= 15 is 0 Å². The van der Waals surface area contributed by atoms with Gasteiger partial charge in [0, 0.05) is 19.0 Å². The molecule has 2 atom stereocenters. The monoisotopic (exact) mass is 269 g/mol. The fourth-order valence-corrected chi connectivity index (χ4v) is 3.73. The molecule has 16 heavy (non-hydrogen) atoms. The first-order valence-corrected chi connectivity index (χ1v) is 7.83. The number of rotatable bonds is 6. The van der Waals surface area contributed by atoms with E-state index in [0.29, 0.717) is 25.4 Å². The standard InChI is InChI=1S/C10H20ClNO3S/c1-9(13)10-4-6-12(8-10)16(14,15)7-3-2-5-11/h9-10,13H,2-8H2,1H3. The summed E-state index contributed by atoms with van der Waals surface area (Å²) in [7, 11) is -3.14. The van der Waals surface area contributed by atoms with Gasteiger partial charge >= 0.3 is 0 Å². The van der Waals surface area contributed by atoms with Gasteiger partial charge in [0.1, 0.15) is 0 Å². The van der Waals surface area contributed by atoms with E-state index in [9.17, 15) is 13.5 Å². The third-order valence-corrected chi connectivity index (χ3v) is 5.24. The van der Waals surface area contributed by atoms with Crippen molar-refractivity contribution >= 4 is 21.6 Å². The lowest BCUT2D eigenvalue weighted by molar-refractivity contribution is 0.133. The van der Waals surface area contributed by atoms with Crippen molar-refractivity contribution in [2.24, 2.45) is 5.92 Å². The molecular weight excluding hydrogens is 250 g/mol. The summed E-state index contributed by atoms with van der Waals surface area (Å²) in [6.07, 6.45) is 1.67. The second-order valence-corrected chi connectivity index (χ2v) is 6.83. The molecule has 1 N–H and O–H groups in total. The van der Waals surface area contributed by atoms with Crippen molar-refractivity contribution in [2.75, 3.05) is 24.7 Å². The summed E-state index contributed by atoms with van der Waals surface area (Å²) >= 11 is 5.51. The zero-order valence-electron chi connectivity index (χ0n) is 9.60. The van der Waals surface area contributed by atoms with Gasteiger partial charge in [-0.25, -0.2) is 12.7 Å². The number of aliphatic hydroxyl groups excluding tert-OH is 1. The van der Waals surface area contributed by atoms with E-state index in [0.717, 1.165) is 12.8 Å². The lowest BCUT2D eigenvalue weighted by atomic mass is 10.0. The number of nitrogens with zero attached hydrogens (tertiary/aromatic N) is 1. The molecule has 1 rings (SSSR count). The van der Waals surface area contributed by atoms with Gasteiger partial charge in [-0.3, -0.25) is 0 Å². The minimum atomic E-state index is -3.14. The summed E-state index contributed by atoms with van der Waals surface area (Å²) in [5.74, 6) is 0.765. The Hall–Kier alpha value is 0.160. The van der Waals surface area contributed by atoms with Gasteiger partial charge in [0.15, 0.2) is 0 Å². The first kappa shape index (κ1) is 14.2. The SMILES string of the molecule is CC(O)C1CCN(S(=O)(=O)CCCCCl)C1. The molecule has 0 aromatic heterocycles. The predicted molar refractivity (Wildman–Crippen MR) is 65.1 cm³/mol. The normalized spacial score (nSPS) is 24.8. The maximum absolute atomic E-state index is 11.9. The molecule has 0 saturated carbocycles. The second-order valence-electron chi connectivity index (χ2n) is 4.36. The molecule has 0 radical (unpaired) electrons. The molecule has 1 aliphatic rings. The number of hydrogen-bond acceptors (Lipinski definition) is 3. The minimum Gasteiger partial charge on any atom is -0.393 e. The Morgan fingerprint density at radius 3 is 2.69 bits per heavy atom. The number of hydrogen-bond donors (Lipinski definition) is 1. The molecule has 1 saturated heterocycles. The van der Waals surface area contributed by atoms with Gasteiger partial charge < -0.3 is 5.11 Å². The molecule has 0 aromatic carbocycles. The molecule has 1 fully saturated rings. The molecule has 1 heterocycles. The average molecular weight is 270 g/mol. The number of halogens is 1. The maximum atomic E-state index is 11.9. The zero-order chi connectivity index (χ0) is 12.2. The minimum absolute atomic E-state index is 0.0859. The van der Waals surface area contributed by atoms with Crippen LogP contribution in [0.2, 0.25) is 0 Å². The van der Waals surface area contributed by atoms with E-state index < -0.39 is 16.1 Å². The van der Waals surface area contributed by atoms with Crippen molar-refractivity contribution < 1.29 is 13.5 Å². The fraction of sp³-hybridized carbons (Fsp3) is 1.00. The summed E-state index contributed by atoms with van der Waals surface area (Å²) in [6.45, 7) is 2.72. The molecule has 96 valence electrons. The summed E-state index contributed by atoms with van der Waals surface area (Å²) < 4.78 is 25.3. The van der Waals surface area contributed by atoms with Crippen LogP contribution in [0.3, 0.4) is 0 Å². The van der Waals surface area contributed by atoms with Gasteiger partial charge in [0.05, 0.1) is 11.9 Å². The predicted octanol–water partition coefficient (Wildman–Crippen LogP) is 1.04. The molecule has 0 aliphatic carbocycles. The van der Waals surface area contributed by atoms with Crippen LogP contribution in [0.15, 0.2) is 0 Å². The second kappa shape index (κ2) is 6.19. The molecule has 2 unspecified atom stereocenters. The first-order valence-electron chi connectivity index (χ1n) is 5.69. The Kier molecular flexibility index (Phi) is 5.50. The molecular formula is C10H20ClNO3S. The topological polar surface area (TPSA) is 57.6 Å². The van der Waals surface area contributed by atoms with Crippen LogP contribution in [0.25, 0.3) is 0 Å². The summed E-state index contributed by atoms with van der Waals surface area (Å²) in [5, 5.41) is 9.41. The van der Waals surface area contributed by atoms with Crippen LogP contribution in [0.1, 0.15) is 26.2 Å². The molecule has 0 bridgehead atoms. The third kappa shape index (κ3) is 3.87. The van der Waals surface area contributed by atoms with Crippen LogP contribution in [-0.2, 0) is 10.0 Å². The van der Waals surface area contributed by atoms with Crippen molar-refractivity contribution in [3.05, 3.63) is 0 Å². The fourth-order valence-electron chi connectivity index (χ4n) is 1.91. The third-order valence-electron chi connectivity index (χ3n) is 3.05. The zero-order valence-corrected chi connectivity index (χ0v) is 11.2. The highest BCUT2D eigenvalue weighted by atomic mass is 35.5. The van der Waals surface area contributed by atoms with Gasteiger partial charge in [0.2, 0.25) is 10.0 Å². The Morgan fingerprint density at radius 2 is 2.19 bits per heavy atom. The lowest BCUT2D eigenvalue weighted by Crippen LogP contribution is -2.32. The molecule has 6 heteroatoms. The van der Waals surface area contributed by atoms with Crippen LogP contribution in [-0.4, -0.2) is 48.7 Å². The van der Waals surface area contributed by atoms with Gasteiger partial charge in [-0.05, 0) is 32.1 Å². The molecule has 4 nitrogen and oxygen atoms in total. The van der Waals surface area contributed by atoms with Gasteiger partial charge in [-0.15, -0.1) is 11.6 Å². The van der Waals surface area contributed by atoms with Crippen LogP contribution in [0.5, 0.6) is 0 Å². The Bertz CT molecular complexity index is 305. The van der Waals surface area contributed by atoms with Crippen LogP contribution >= 0.6 is 11.6 Å². The average Bonchev–Trinajstić information content (AvgIpc) is 2.67. The lowest BCUT2D eigenvalue weighted by Gasteiger charge is -2.17. The molecule has 0 amide bonds. The number of alkyl halides is 1. The highest BCUT2D eigenvalue weighted by molar-refractivity contribution is 7.89. The van der Waals surface area contributed by atoms with Crippen molar-refractivity contribution in [3.63, 3.8) is 0 Å². The summed E-state index contributed by atoms with van der Waals surface area (Å²) in [6, 6.07) is 0. The summed E-state index contributed by atoms with van der Waals surface area (Å²) in [4.78, 5) is 0. The van der Waals surface area contributed by atoms with E-state index in [4.69, 9.17) is 11.6 Å². The first-order chi connectivity index (χ1) is 7.47. The quantitative estimate of drug-likeness (QED) is 0.579. The highest BCUT2D eigenvalue weighted by Gasteiger charge is 2.32. The number of unbranched alkanes of at least 4 members (excludes halogenated alkanes) is 1. The smallest absolute Gasteiger partial charge is 0.214 e. The number of sulfonamides is 1. The highest BCUT2D eigenvalue weighted by Crippen LogP contribution is 2.22. The van der Waals surface area contributed by atoms with Gasteiger partial charge in [-0.1, -0.05) is 0 Å². The molecule has 0 aromatic rings. The van der Waals surface area contributed by atoms with Gasteiger partial charge in [-0.2, -0.15) is 0 Å².